The van der Waals surface area contributed by atoms with Gasteiger partial charge < -0.3 is 14.4 Å². The summed E-state index contributed by atoms with van der Waals surface area (Å²) in [7, 11) is 1.27. The maximum atomic E-state index is 14.4. The van der Waals surface area contributed by atoms with Crippen LogP contribution in [0.5, 0.6) is 11.5 Å². The van der Waals surface area contributed by atoms with Crippen molar-refractivity contribution in [2.24, 2.45) is 0 Å². The minimum atomic E-state index is -0.575. The fourth-order valence-electron chi connectivity index (χ4n) is 2.75. The number of halogens is 1. The summed E-state index contributed by atoms with van der Waals surface area (Å²) in [6.45, 7) is 0.0478. The Hall–Kier alpha value is -4.00. The number of esters is 1. The van der Waals surface area contributed by atoms with Crippen molar-refractivity contribution in [2.75, 3.05) is 13.7 Å². The van der Waals surface area contributed by atoms with Gasteiger partial charge in [0.2, 0.25) is 5.91 Å². The van der Waals surface area contributed by atoms with Crippen molar-refractivity contribution in [3.8, 4) is 11.5 Å². The van der Waals surface area contributed by atoms with Gasteiger partial charge in [0.15, 0.2) is 11.6 Å². The van der Waals surface area contributed by atoms with E-state index < -0.39 is 17.7 Å². The monoisotopic (exact) mass is 420 g/mol. The average molecular weight is 420 g/mol. The smallest absolute Gasteiger partial charge is 0.325 e. The van der Waals surface area contributed by atoms with Crippen LogP contribution in [0.1, 0.15) is 11.1 Å². The summed E-state index contributed by atoms with van der Waals surface area (Å²) < 4.78 is 24.5. The number of hydrogen-bond donors (Lipinski definition) is 0. The Labute approximate surface area is 179 Å². The van der Waals surface area contributed by atoms with Gasteiger partial charge in [0.25, 0.3) is 0 Å². The van der Waals surface area contributed by atoms with Gasteiger partial charge in [-0.3, -0.25) is 14.6 Å². The molecular weight excluding hydrogens is 399 g/mol. The highest BCUT2D eigenvalue weighted by Crippen LogP contribution is 2.24. The van der Waals surface area contributed by atoms with E-state index in [9.17, 15) is 14.0 Å². The van der Waals surface area contributed by atoms with Crippen LogP contribution in [-0.4, -0.2) is 35.4 Å². The Morgan fingerprint density at radius 1 is 1.10 bits per heavy atom. The van der Waals surface area contributed by atoms with E-state index in [1.54, 1.807) is 24.4 Å². The molecule has 6 nitrogen and oxygen atoms in total. The van der Waals surface area contributed by atoms with Gasteiger partial charge in [0, 0.05) is 18.8 Å². The number of methoxy groups -OCH3 is 1. The first-order valence-electron chi connectivity index (χ1n) is 9.50. The maximum Gasteiger partial charge on any atom is 0.325 e. The Bertz CT molecular complexity index is 1060. The first-order chi connectivity index (χ1) is 15.0. The number of aromatic nitrogens is 1. The van der Waals surface area contributed by atoms with E-state index in [1.165, 1.54) is 42.5 Å². The molecule has 3 rings (SSSR count). The Morgan fingerprint density at radius 3 is 2.58 bits per heavy atom. The molecule has 31 heavy (non-hydrogen) atoms. The van der Waals surface area contributed by atoms with Crippen molar-refractivity contribution in [1.29, 1.82) is 0 Å². The molecule has 0 bridgehead atoms. The highest BCUT2D eigenvalue weighted by atomic mass is 19.1. The number of pyridine rings is 1. The summed E-state index contributed by atoms with van der Waals surface area (Å²) in [6.07, 6.45) is 5.85. The van der Waals surface area contributed by atoms with Crippen LogP contribution in [0.2, 0.25) is 0 Å². The second kappa shape index (κ2) is 10.7. The second-order valence-electron chi connectivity index (χ2n) is 6.57. The van der Waals surface area contributed by atoms with E-state index in [1.807, 2.05) is 30.3 Å². The number of amides is 1. The fraction of sp³-hybridized carbons (Fsp3) is 0.125. The molecule has 0 unspecified atom stereocenters. The zero-order chi connectivity index (χ0) is 22.1. The summed E-state index contributed by atoms with van der Waals surface area (Å²) in [5.41, 5.74) is 1.35. The summed E-state index contributed by atoms with van der Waals surface area (Å²) in [6, 6.07) is 17.0. The molecule has 1 aromatic heterocycles. The van der Waals surface area contributed by atoms with Gasteiger partial charge >= 0.3 is 5.97 Å². The van der Waals surface area contributed by atoms with Gasteiger partial charge in [-0.05, 0) is 41.5 Å². The highest BCUT2D eigenvalue weighted by Gasteiger charge is 2.16. The number of nitrogens with zero attached hydrogens (tertiary/aromatic N) is 2. The van der Waals surface area contributed by atoms with E-state index in [-0.39, 0.29) is 18.8 Å². The van der Waals surface area contributed by atoms with E-state index in [4.69, 9.17) is 4.74 Å². The van der Waals surface area contributed by atoms with Crippen molar-refractivity contribution in [1.82, 2.24) is 9.88 Å². The lowest BCUT2D eigenvalue weighted by Crippen LogP contribution is -2.34. The lowest BCUT2D eigenvalue weighted by atomic mass is 10.2. The minimum Gasteiger partial charge on any atom is -0.468 e. The third-order valence-electron chi connectivity index (χ3n) is 4.31. The molecule has 3 aromatic rings. The largest absolute Gasteiger partial charge is 0.468 e. The molecule has 0 aliphatic carbocycles. The number of hydrogen-bond acceptors (Lipinski definition) is 5. The fourth-order valence-corrected chi connectivity index (χ4v) is 2.75. The Kier molecular flexibility index (Phi) is 7.48. The third kappa shape index (κ3) is 6.50. The van der Waals surface area contributed by atoms with Crippen LogP contribution >= 0.6 is 0 Å². The van der Waals surface area contributed by atoms with Gasteiger partial charge in [0.1, 0.15) is 12.3 Å². The molecule has 0 atom stereocenters. The van der Waals surface area contributed by atoms with Crippen LogP contribution in [0.3, 0.4) is 0 Å². The maximum absolute atomic E-state index is 14.4. The molecular formula is C24H21FN2O4. The van der Waals surface area contributed by atoms with E-state index in [0.29, 0.717) is 11.3 Å². The number of carbonyl (C=O) groups is 2. The lowest BCUT2D eigenvalue weighted by Gasteiger charge is -2.20. The number of rotatable bonds is 8. The molecule has 0 aliphatic rings. The molecule has 0 saturated heterocycles. The Morgan fingerprint density at radius 2 is 1.90 bits per heavy atom. The van der Waals surface area contributed by atoms with Crippen molar-refractivity contribution in [3.05, 3.63) is 96.1 Å². The average Bonchev–Trinajstić information content (AvgIpc) is 2.80. The summed E-state index contributed by atoms with van der Waals surface area (Å²) in [4.78, 5) is 29.7. The van der Waals surface area contributed by atoms with Crippen LogP contribution in [0, 0.1) is 5.82 Å². The SMILES string of the molecule is COC(=O)CN(Cc1ccccc1)C(=O)/C=C/c1ccc(Oc2cccnc2)c(F)c1. The molecule has 0 spiro atoms. The number of ether oxygens (including phenoxy) is 2. The normalized spacial score (nSPS) is 10.6. The third-order valence-corrected chi connectivity index (χ3v) is 4.31. The summed E-state index contributed by atoms with van der Waals surface area (Å²) >= 11 is 0. The number of benzene rings is 2. The molecule has 2 aromatic carbocycles. The standard InChI is InChI=1S/C24H21FN2O4/c1-30-24(29)17-27(16-19-6-3-2-4-7-19)23(28)12-10-18-9-11-22(21(25)14-18)31-20-8-5-13-26-15-20/h2-15H,16-17H2,1H3/b12-10+. The molecule has 0 saturated carbocycles. The predicted octanol–water partition coefficient (Wildman–Crippen LogP) is 4.23. The first-order valence-corrected chi connectivity index (χ1v) is 9.50. The van der Waals surface area contributed by atoms with Crippen LogP contribution in [0.4, 0.5) is 4.39 Å². The topological polar surface area (TPSA) is 68.7 Å². The molecule has 0 radical (unpaired) electrons. The zero-order valence-corrected chi connectivity index (χ0v) is 16.9. The second-order valence-corrected chi connectivity index (χ2v) is 6.57. The van der Waals surface area contributed by atoms with E-state index >= 15 is 0 Å². The zero-order valence-electron chi connectivity index (χ0n) is 16.9. The molecule has 7 heteroatoms. The number of carbonyl (C=O) groups excluding carboxylic acids is 2. The van der Waals surface area contributed by atoms with Gasteiger partial charge in [0.05, 0.1) is 13.3 Å². The van der Waals surface area contributed by atoms with Gasteiger partial charge in [-0.25, -0.2) is 4.39 Å². The summed E-state index contributed by atoms with van der Waals surface area (Å²) in [5, 5.41) is 0. The van der Waals surface area contributed by atoms with Crippen LogP contribution in [0.15, 0.2) is 79.1 Å². The predicted molar refractivity (Wildman–Crippen MR) is 114 cm³/mol. The van der Waals surface area contributed by atoms with Crippen molar-refractivity contribution >= 4 is 18.0 Å². The van der Waals surface area contributed by atoms with Gasteiger partial charge in [-0.1, -0.05) is 36.4 Å². The van der Waals surface area contributed by atoms with Crippen molar-refractivity contribution in [2.45, 2.75) is 6.54 Å². The van der Waals surface area contributed by atoms with Crippen LogP contribution in [0.25, 0.3) is 6.08 Å². The van der Waals surface area contributed by atoms with Crippen molar-refractivity contribution in [3.63, 3.8) is 0 Å². The lowest BCUT2D eigenvalue weighted by molar-refractivity contribution is -0.145. The molecule has 158 valence electrons. The first kappa shape index (κ1) is 21.7. The van der Waals surface area contributed by atoms with Crippen LogP contribution < -0.4 is 4.74 Å². The Balaban J connectivity index is 1.70. The quantitative estimate of drug-likeness (QED) is 0.403. The summed E-state index contributed by atoms with van der Waals surface area (Å²) in [5.74, 6) is -1.03. The highest BCUT2D eigenvalue weighted by molar-refractivity contribution is 5.93. The van der Waals surface area contributed by atoms with E-state index in [2.05, 4.69) is 9.72 Å². The van der Waals surface area contributed by atoms with Gasteiger partial charge in [-0.15, -0.1) is 0 Å². The molecule has 0 N–H and O–H groups in total. The van der Waals surface area contributed by atoms with Crippen molar-refractivity contribution < 1.29 is 23.5 Å². The van der Waals surface area contributed by atoms with Crippen LogP contribution in [-0.2, 0) is 20.9 Å². The molecule has 1 amide bonds. The molecule has 1 heterocycles. The van der Waals surface area contributed by atoms with E-state index in [0.717, 1.165) is 5.56 Å². The minimum absolute atomic E-state index is 0.0490. The van der Waals surface area contributed by atoms with Gasteiger partial charge in [-0.2, -0.15) is 0 Å². The molecule has 0 fully saturated rings. The molecule has 0 aliphatic heterocycles.